The average molecular weight is 228 g/mol. The van der Waals surface area contributed by atoms with E-state index in [0.29, 0.717) is 5.41 Å². The zero-order chi connectivity index (χ0) is 10.0. The third-order valence-electron chi connectivity index (χ3n) is 2.76. The lowest BCUT2D eigenvalue weighted by Gasteiger charge is -2.11. The van der Waals surface area contributed by atoms with Crippen LogP contribution < -0.4 is 5.73 Å². The van der Waals surface area contributed by atoms with Gasteiger partial charge >= 0.3 is 0 Å². The monoisotopic (exact) mass is 227 g/mol. The van der Waals surface area contributed by atoms with Crippen molar-refractivity contribution < 1.29 is 0 Å². The third kappa shape index (κ3) is 2.25. The van der Waals surface area contributed by atoms with Gasteiger partial charge in [0.25, 0.3) is 0 Å². The second-order valence-corrected chi connectivity index (χ2v) is 5.35. The molecule has 0 spiro atoms. The topological polar surface area (TPSA) is 26.0 Å². The maximum absolute atomic E-state index is 6.06. The van der Waals surface area contributed by atoms with Crippen LogP contribution in [0.2, 0.25) is 5.02 Å². The molecular weight excluding hydrogens is 214 g/mol. The molecule has 1 aromatic carbocycles. The molecule has 2 rings (SSSR count). The van der Waals surface area contributed by atoms with Crippen LogP contribution in [0.15, 0.2) is 29.2 Å². The summed E-state index contributed by atoms with van der Waals surface area (Å²) in [6.45, 7) is 0.810. The number of hydrogen-bond donors (Lipinski definition) is 1. The summed E-state index contributed by atoms with van der Waals surface area (Å²) < 4.78 is 0. The zero-order valence-electron chi connectivity index (χ0n) is 8.00. The fraction of sp³-hybridized carbons (Fsp3) is 0.455. The van der Waals surface area contributed by atoms with Crippen molar-refractivity contribution in [2.24, 2.45) is 11.1 Å². The molecule has 3 heteroatoms. The molecule has 1 nitrogen and oxygen atoms in total. The molecule has 0 amide bonds. The first kappa shape index (κ1) is 10.3. The van der Waals surface area contributed by atoms with Gasteiger partial charge in [0, 0.05) is 10.6 Å². The van der Waals surface area contributed by atoms with E-state index in [-0.39, 0.29) is 0 Å². The summed E-state index contributed by atoms with van der Waals surface area (Å²) in [6, 6.07) is 7.99. The van der Waals surface area contributed by atoms with Crippen LogP contribution in [0.3, 0.4) is 0 Å². The van der Waals surface area contributed by atoms with Crippen LogP contribution in [0.4, 0.5) is 0 Å². The highest BCUT2D eigenvalue weighted by molar-refractivity contribution is 7.99. The number of halogens is 1. The van der Waals surface area contributed by atoms with Crippen molar-refractivity contribution in [3.63, 3.8) is 0 Å². The van der Waals surface area contributed by atoms with Gasteiger partial charge in [-0.3, -0.25) is 0 Å². The summed E-state index contributed by atoms with van der Waals surface area (Å²) in [5.74, 6) is 1.10. The molecule has 2 N–H and O–H groups in total. The number of hydrogen-bond acceptors (Lipinski definition) is 2. The van der Waals surface area contributed by atoms with Gasteiger partial charge in [0.2, 0.25) is 0 Å². The molecule has 76 valence electrons. The van der Waals surface area contributed by atoms with E-state index in [4.69, 9.17) is 17.3 Å². The third-order valence-corrected chi connectivity index (χ3v) is 4.63. The summed E-state index contributed by atoms with van der Waals surface area (Å²) in [6.07, 6.45) is 2.56. The van der Waals surface area contributed by atoms with Crippen molar-refractivity contribution in [1.82, 2.24) is 0 Å². The van der Waals surface area contributed by atoms with Crippen LogP contribution in [0.25, 0.3) is 0 Å². The molecule has 1 aliphatic rings. The molecule has 0 atom stereocenters. The Morgan fingerprint density at radius 3 is 2.64 bits per heavy atom. The van der Waals surface area contributed by atoms with Crippen molar-refractivity contribution in [1.29, 1.82) is 0 Å². The summed E-state index contributed by atoms with van der Waals surface area (Å²) in [4.78, 5) is 1.17. The zero-order valence-corrected chi connectivity index (χ0v) is 9.57. The van der Waals surface area contributed by atoms with E-state index in [1.165, 1.54) is 17.7 Å². The van der Waals surface area contributed by atoms with Gasteiger partial charge in [-0.2, -0.15) is 0 Å². The predicted molar refractivity (Wildman–Crippen MR) is 62.9 cm³/mol. The average Bonchev–Trinajstić information content (AvgIpc) is 2.98. The fourth-order valence-electron chi connectivity index (χ4n) is 1.38. The van der Waals surface area contributed by atoms with E-state index in [1.54, 1.807) is 0 Å². The Kier molecular flexibility index (Phi) is 3.05. The minimum atomic E-state index is 0.420. The minimum absolute atomic E-state index is 0.420. The molecule has 0 radical (unpaired) electrons. The van der Waals surface area contributed by atoms with Crippen molar-refractivity contribution in [3.05, 3.63) is 29.3 Å². The Labute approximate surface area is 94.0 Å². The normalized spacial score (nSPS) is 18.1. The number of benzene rings is 1. The maximum atomic E-state index is 6.06. The highest BCUT2D eigenvalue weighted by atomic mass is 35.5. The second-order valence-electron chi connectivity index (χ2n) is 3.92. The van der Waals surface area contributed by atoms with Gasteiger partial charge in [-0.05, 0) is 36.9 Å². The minimum Gasteiger partial charge on any atom is -0.330 e. The first-order chi connectivity index (χ1) is 6.76. The smallest absolute Gasteiger partial charge is 0.0541 e. The maximum Gasteiger partial charge on any atom is 0.0541 e. The largest absolute Gasteiger partial charge is 0.330 e. The standard InChI is InChI=1S/C11H14ClNS/c12-9-3-1-2-4-10(9)14-8-11(7-13)5-6-11/h1-4H,5-8,13H2. The SMILES string of the molecule is NCC1(CSc2ccccc2Cl)CC1. The van der Waals surface area contributed by atoms with Crippen molar-refractivity contribution in [2.45, 2.75) is 17.7 Å². The van der Waals surface area contributed by atoms with Gasteiger partial charge in [-0.15, -0.1) is 11.8 Å². The van der Waals surface area contributed by atoms with E-state index in [0.717, 1.165) is 17.3 Å². The fourth-order valence-corrected chi connectivity index (χ4v) is 2.93. The van der Waals surface area contributed by atoms with Gasteiger partial charge < -0.3 is 5.73 Å². The molecule has 1 fully saturated rings. The first-order valence-corrected chi connectivity index (χ1v) is 6.20. The van der Waals surface area contributed by atoms with Gasteiger partial charge in [0.1, 0.15) is 0 Å². The lowest BCUT2D eigenvalue weighted by molar-refractivity contribution is 0.600. The van der Waals surface area contributed by atoms with Crippen molar-refractivity contribution >= 4 is 23.4 Å². The van der Waals surface area contributed by atoms with E-state index < -0.39 is 0 Å². The lowest BCUT2D eigenvalue weighted by atomic mass is 10.1. The highest BCUT2D eigenvalue weighted by Crippen LogP contribution is 2.48. The van der Waals surface area contributed by atoms with Crippen LogP contribution in [0, 0.1) is 5.41 Å². The Bertz CT molecular complexity index is 323. The number of nitrogens with two attached hydrogens (primary N) is 1. The summed E-state index contributed by atoms with van der Waals surface area (Å²) in [5, 5.41) is 0.852. The Balaban J connectivity index is 1.95. The molecule has 0 saturated heterocycles. The van der Waals surface area contributed by atoms with E-state index in [2.05, 4.69) is 6.07 Å². The molecule has 0 heterocycles. The van der Waals surface area contributed by atoms with Gasteiger partial charge in [-0.1, -0.05) is 23.7 Å². The van der Waals surface area contributed by atoms with Crippen LogP contribution >= 0.6 is 23.4 Å². The Hall–Kier alpha value is -0.180. The molecular formula is C11H14ClNS. The number of rotatable bonds is 4. The molecule has 1 aliphatic carbocycles. The van der Waals surface area contributed by atoms with Crippen molar-refractivity contribution in [2.75, 3.05) is 12.3 Å². The van der Waals surface area contributed by atoms with E-state index >= 15 is 0 Å². The predicted octanol–water partition coefficient (Wildman–Crippen LogP) is 3.17. The Morgan fingerprint density at radius 1 is 1.36 bits per heavy atom. The quantitative estimate of drug-likeness (QED) is 0.800. The van der Waals surface area contributed by atoms with Crippen LogP contribution in [0.5, 0.6) is 0 Å². The van der Waals surface area contributed by atoms with Gasteiger partial charge in [0.05, 0.1) is 5.02 Å². The highest BCUT2D eigenvalue weighted by Gasteiger charge is 2.40. The molecule has 0 unspecified atom stereocenters. The van der Waals surface area contributed by atoms with Gasteiger partial charge in [0.15, 0.2) is 0 Å². The summed E-state index contributed by atoms with van der Waals surface area (Å²) in [7, 11) is 0. The molecule has 0 aromatic heterocycles. The molecule has 1 aromatic rings. The van der Waals surface area contributed by atoms with Crippen molar-refractivity contribution in [3.8, 4) is 0 Å². The first-order valence-electron chi connectivity index (χ1n) is 4.83. The second kappa shape index (κ2) is 4.13. The summed E-state index contributed by atoms with van der Waals surface area (Å²) in [5.41, 5.74) is 6.15. The molecule has 0 bridgehead atoms. The summed E-state index contributed by atoms with van der Waals surface area (Å²) >= 11 is 7.89. The Morgan fingerprint density at radius 2 is 2.07 bits per heavy atom. The van der Waals surface area contributed by atoms with Gasteiger partial charge in [-0.25, -0.2) is 0 Å². The van der Waals surface area contributed by atoms with E-state index in [1.807, 2.05) is 30.0 Å². The van der Waals surface area contributed by atoms with Crippen LogP contribution in [-0.2, 0) is 0 Å². The lowest BCUT2D eigenvalue weighted by Crippen LogP contribution is -2.17. The number of thioether (sulfide) groups is 1. The molecule has 0 aliphatic heterocycles. The van der Waals surface area contributed by atoms with E-state index in [9.17, 15) is 0 Å². The molecule has 1 saturated carbocycles. The van der Waals surface area contributed by atoms with Crippen LogP contribution in [0.1, 0.15) is 12.8 Å². The van der Waals surface area contributed by atoms with Crippen LogP contribution in [-0.4, -0.2) is 12.3 Å². The molecule has 14 heavy (non-hydrogen) atoms.